The molecule has 0 unspecified atom stereocenters. The monoisotopic (exact) mass is 191 g/mol. The van der Waals surface area contributed by atoms with Crippen LogP contribution in [0.25, 0.3) is 0 Å². The molecule has 0 atom stereocenters. The van der Waals surface area contributed by atoms with Crippen LogP contribution in [-0.2, 0) is 0 Å². The van der Waals surface area contributed by atoms with Crippen LogP contribution in [0.3, 0.4) is 0 Å². The lowest BCUT2D eigenvalue weighted by molar-refractivity contribution is 0.0958. The van der Waals surface area contributed by atoms with Crippen molar-refractivity contribution in [2.45, 2.75) is 0 Å². The van der Waals surface area contributed by atoms with Crippen molar-refractivity contribution < 1.29 is 4.79 Å². The van der Waals surface area contributed by atoms with Crippen molar-refractivity contribution in [1.82, 2.24) is 5.32 Å². The van der Waals surface area contributed by atoms with Crippen LogP contribution >= 0.6 is 0 Å². The Morgan fingerprint density at radius 3 is 2.71 bits per heavy atom. The number of carbonyl (C=O) groups excluding carboxylic acids is 1. The summed E-state index contributed by atoms with van der Waals surface area (Å²) in [5.41, 5.74) is 12.5. The highest BCUT2D eigenvalue weighted by Crippen LogP contribution is 2.15. The molecule has 0 radical (unpaired) electrons. The Labute approximate surface area is 82.6 Å². The average molecular weight is 191 g/mol. The van der Waals surface area contributed by atoms with Crippen LogP contribution in [0.2, 0.25) is 0 Å². The zero-order valence-corrected chi connectivity index (χ0v) is 7.79. The minimum Gasteiger partial charge on any atom is -0.397 e. The van der Waals surface area contributed by atoms with Gasteiger partial charge in [-0.15, -0.1) is 6.58 Å². The molecule has 1 aromatic carbocycles. The predicted molar refractivity (Wildman–Crippen MR) is 57.8 cm³/mol. The third-order valence-corrected chi connectivity index (χ3v) is 1.76. The topological polar surface area (TPSA) is 81.1 Å². The molecule has 14 heavy (non-hydrogen) atoms. The van der Waals surface area contributed by atoms with E-state index in [9.17, 15) is 4.79 Å². The van der Waals surface area contributed by atoms with Crippen LogP contribution in [-0.4, -0.2) is 12.5 Å². The number of hydrogen-bond acceptors (Lipinski definition) is 3. The van der Waals surface area contributed by atoms with E-state index < -0.39 is 0 Å². The highest BCUT2D eigenvalue weighted by molar-refractivity contribution is 5.96. The molecule has 0 aliphatic heterocycles. The first-order valence-corrected chi connectivity index (χ1v) is 4.19. The van der Waals surface area contributed by atoms with E-state index in [0.29, 0.717) is 23.5 Å². The number of anilines is 2. The van der Waals surface area contributed by atoms with Crippen LogP contribution in [0.15, 0.2) is 30.9 Å². The minimum absolute atomic E-state index is 0.184. The normalized spacial score (nSPS) is 9.43. The first-order chi connectivity index (χ1) is 6.65. The van der Waals surface area contributed by atoms with Gasteiger partial charge in [0.05, 0.1) is 11.4 Å². The van der Waals surface area contributed by atoms with E-state index in [4.69, 9.17) is 11.5 Å². The van der Waals surface area contributed by atoms with Crippen molar-refractivity contribution >= 4 is 17.3 Å². The van der Waals surface area contributed by atoms with Crippen molar-refractivity contribution in [3.05, 3.63) is 36.4 Å². The average Bonchev–Trinajstić information content (AvgIpc) is 2.18. The van der Waals surface area contributed by atoms with Crippen molar-refractivity contribution in [3.63, 3.8) is 0 Å². The molecule has 0 fully saturated rings. The molecule has 0 saturated carbocycles. The Kier molecular flexibility index (Phi) is 3.12. The summed E-state index contributed by atoms with van der Waals surface area (Å²) >= 11 is 0. The summed E-state index contributed by atoms with van der Waals surface area (Å²) in [7, 11) is 0. The first-order valence-electron chi connectivity index (χ1n) is 4.19. The second kappa shape index (κ2) is 4.32. The summed E-state index contributed by atoms with van der Waals surface area (Å²) in [4.78, 5) is 11.4. The van der Waals surface area contributed by atoms with E-state index in [1.807, 2.05) is 0 Å². The van der Waals surface area contributed by atoms with Gasteiger partial charge in [-0.25, -0.2) is 0 Å². The van der Waals surface area contributed by atoms with Crippen LogP contribution < -0.4 is 16.8 Å². The van der Waals surface area contributed by atoms with Gasteiger partial charge in [0.2, 0.25) is 0 Å². The van der Waals surface area contributed by atoms with E-state index in [2.05, 4.69) is 11.9 Å². The summed E-state index contributed by atoms with van der Waals surface area (Å²) in [6, 6.07) is 4.79. The van der Waals surface area contributed by atoms with Gasteiger partial charge in [-0.1, -0.05) is 6.08 Å². The molecular weight excluding hydrogens is 178 g/mol. The van der Waals surface area contributed by atoms with Crippen LogP contribution in [0.5, 0.6) is 0 Å². The summed E-state index contributed by atoms with van der Waals surface area (Å²) in [6.45, 7) is 3.93. The molecule has 5 N–H and O–H groups in total. The molecule has 1 amide bonds. The third-order valence-electron chi connectivity index (χ3n) is 1.76. The minimum atomic E-state index is -0.184. The van der Waals surface area contributed by atoms with Gasteiger partial charge in [-0.05, 0) is 18.2 Å². The van der Waals surface area contributed by atoms with Gasteiger partial charge in [0, 0.05) is 12.1 Å². The first kappa shape index (κ1) is 10.1. The van der Waals surface area contributed by atoms with E-state index in [1.165, 1.54) is 0 Å². The zero-order chi connectivity index (χ0) is 10.6. The molecule has 1 aromatic rings. The number of amides is 1. The lowest BCUT2D eigenvalue weighted by Crippen LogP contribution is -2.23. The number of hydrogen-bond donors (Lipinski definition) is 3. The fraction of sp³-hybridized carbons (Fsp3) is 0.100. The van der Waals surface area contributed by atoms with Crippen LogP contribution in [0, 0.1) is 0 Å². The maximum absolute atomic E-state index is 11.4. The second-order valence-corrected chi connectivity index (χ2v) is 2.84. The molecule has 0 aliphatic rings. The Balaban J connectivity index is 2.80. The molecular formula is C10H13N3O. The van der Waals surface area contributed by atoms with Crippen molar-refractivity contribution in [1.29, 1.82) is 0 Å². The van der Waals surface area contributed by atoms with E-state index in [-0.39, 0.29) is 5.91 Å². The molecule has 0 aromatic heterocycles. The molecule has 1 rings (SSSR count). The van der Waals surface area contributed by atoms with Gasteiger partial charge in [-0.3, -0.25) is 4.79 Å². The number of nitrogen functional groups attached to an aromatic ring is 2. The highest BCUT2D eigenvalue weighted by atomic mass is 16.1. The van der Waals surface area contributed by atoms with Crippen molar-refractivity contribution in [2.75, 3.05) is 18.0 Å². The lowest BCUT2D eigenvalue weighted by atomic mass is 10.1. The highest BCUT2D eigenvalue weighted by Gasteiger charge is 2.05. The quantitative estimate of drug-likeness (QED) is 0.487. The molecule has 0 heterocycles. The number of nitrogens with one attached hydrogen (secondary N) is 1. The number of nitrogens with two attached hydrogens (primary N) is 2. The molecule has 74 valence electrons. The Morgan fingerprint density at radius 1 is 1.43 bits per heavy atom. The largest absolute Gasteiger partial charge is 0.397 e. The van der Waals surface area contributed by atoms with Gasteiger partial charge in [0.25, 0.3) is 5.91 Å². The summed E-state index contributed by atoms with van der Waals surface area (Å²) in [5.74, 6) is -0.184. The van der Waals surface area contributed by atoms with Crippen LogP contribution in [0.4, 0.5) is 11.4 Å². The zero-order valence-electron chi connectivity index (χ0n) is 7.79. The van der Waals surface area contributed by atoms with Gasteiger partial charge >= 0.3 is 0 Å². The molecule has 4 heteroatoms. The Hall–Kier alpha value is -1.97. The molecule has 0 aliphatic carbocycles. The van der Waals surface area contributed by atoms with E-state index in [0.717, 1.165) is 0 Å². The Bertz CT molecular complexity index is 360. The number of carbonyl (C=O) groups is 1. The lowest BCUT2D eigenvalue weighted by Gasteiger charge is -2.04. The van der Waals surface area contributed by atoms with Crippen molar-refractivity contribution in [2.24, 2.45) is 0 Å². The SMILES string of the molecule is C=CCNC(=O)c1ccc(N)c(N)c1. The number of rotatable bonds is 3. The molecule has 0 spiro atoms. The smallest absolute Gasteiger partial charge is 0.251 e. The molecule has 0 bridgehead atoms. The van der Waals surface area contributed by atoms with Crippen molar-refractivity contribution in [3.8, 4) is 0 Å². The van der Waals surface area contributed by atoms with Gasteiger partial charge in [-0.2, -0.15) is 0 Å². The fourth-order valence-electron chi connectivity index (χ4n) is 0.983. The maximum atomic E-state index is 11.4. The van der Waals surface area contributed by atoms with Crippen LogP contribution in [0.1, 0.15) is 10.4 Å². The molecule has 0 saturated heterocycles. The third kappa shape index (κ3) is 2.26. The standard InChI is InChI=1S/C10H13N3O/c1-2-5-13-10(14)7-3-4-8(11)9(12)6-7/h2-4,6H,1,5,11-12H2,(H,13,14). The Morgan fingerprint density at radius 2 is 2.14 bits per heavy atom. The predicted octanol–water partition coefficient (Wildman–Crippen LogP) is 0.767. The maximum Gasteiger partial charge on any atom is 0.251 e. The summed E-state index contributed by atoms with van der Waals surface area (Å²) < 4.78 is 0. The van der Waals surface area contributed by atoms with Gasteiger partial charge in [0.1, 0.15) is 0 Å². The second-order valence-electron chi connectivity index (χ2n) is 2.84. The summed E-state index contributed by atoms with van der Waals surface area (Å²) in [5, 5.41) is 2.64. The van der Waals surface area contributed by atoms with E-state index in [1.54, 1.807) is 24.3 Å². The number of benzene rings is 1. The fourth-order valence-corrected chi connectivity index (χ4v) is 0.983. The summed E-state index contributed by atoms with van der Waals surface area (Å²) in [6.07, 6.45) is 1.61. The molecule has 4 nitrogen and oxygen atoms in total. The van der Waals surface area contributed by atoms with Gasteiger partial charge in [0.15, 0.2) is 0 Å². The van der Waals surface area contributed by atoms with E-state index >= 15 is 0 Å². The van der Waals surface area contributed by atoms with Gasteiger partial charge < -0.3 is 16.8 Å².